The van der Waals surface area contributed by atoms with Gasteiger partial charge in [0.2, 0.25) is 15.9 Å². The van der Waals surface area contributed by atoms with Crippen LogP contribution in [0.25, 0.3) is 0 Å². The minimum atomic E-state index is -3.62. The number of hydrogen-bond acceptors (Lipinski definition) is 4. The van der Waals surface area contributed by atoms with Crippen molar-refractivity contribution in [2.45, 2.75) is 23.6 Å². The molecule has 0 atom stereocenters. The largest absolute Gasteiger partial charge is 0.324 e. The van der Waals surface area contributed by atoms with Crippen LogP contribution in [0.4, 0.5) is 5.69 Å². The Morgan fingerprint density at radius 3 is 2.48 bits per heavy atom. The van der Waals surface area contributed by atoms with Gasteiger partial charge >= 0.3 is 0 Å². The molecule has 7 heteroatoms. The van der Waals surface area contributed by atoms with Gasteiger partial charge in [0.05, 0.1) is 11.4 Å². The Hall–Kier alpha value is -1.83. The number of aryl methyl sites for hydroxylation is 2. The maximum absolute atomic E-state index is 12.4. The van der Waals surface area contributed by atoms with Crippen molar-refractivity contribution in [1.29, 1.82) is 0 Å². The van der Waals surface area contributed by atoms with Crippen LogP contribution in [0.1, 0.15) is 11.1 Å². The van der Waals surface area contributed by atoms with Crippen LogP contribution in [-0.2, 0) is 14.8 Å². The predicted molar refractivity (Wildman–Crippen MR) is 103 cm³/mol. The van der Waals surface area contributed by atoms with Crippen molar-refractivity contribution in [2.75, 3.05) is 25.2 Å². The van der Waals surface area contributed by atoms with Crippen LogP contribution in [0.3, 0.4) is 0 Å². The van der Waals surface area contributed by atoms with Crippen molar-refractivity contribution in [1.82, 2.24) is 4.31 Å². The normalized spacial score (nSPS) is 11.6. The second-order valence-electron chi connectivity index (χ2n) is 5.89. The number of thioether (sulfide) groups is 1. The highest BCUT2D eigenvalue weighted by Crippen LogP contribution is 2.26. The lowest BCUT2D eigenvalue weighted by Crippen LogP contribution is -2.24. The van der Waals surface area contributed by atoms with Crippen molar-refractivity contribution in [3.05, 3.63) is 53.6 Å². The molecule has 5 nitrogen and oxygen atoms in total. The lowest BCUT2D eigenvalue weighted by Gasteiger charge is -2.15. The molecule has 2 aromatic rings. The molecule has 0 saturated heterocycles. The summed E-state index contributed by atoms with van der Waals surface area (Å²) in [6, 6.07) is 12.5. The highest BCUT2D eigenvalue weighted by Gasteiger charge is 2.21. The molecule has 2 rings (SSSR count). The van der Waals surface area contributed by atoms with Gasteiger partial charge in [0.15, 0.2) is 0 Å². The third-order valence-corrected chi connectivity index (χ3v) is 6.65. The van der Waals surface area contributed by atoms with E-state index in [0.29, 0.717) is 5.69 Å². The van der Waals surface area contributed by atoms with Crippen LogP contribution < -0.4 is 5.32 Å². The van der Waals surface area contributed by atoms with Crippen molar-refractivity contribution < 1.29 is 13.2 Å². The van der Waals surface area contributed by atoms with E-state index in [1.807, 2.05) is 32.0 Å². The summed E-state index contributed by atoms with van der Waals surface area (Å²) >= 11 is 1.44. The Morgan fingerprint density at radius 2 is 1.80 bits per heavy atom. The van der Waals surface area contributed by atoms with Gasteiger partial charge in [-0.25, -0.2) is 12.7 Å². The number of nitrogens with zero attached hydrogens (tertiary/aromatic N) is 1. The average molecular weight is 379 g/mol. The van der Waals surface area contributed by atoms with Gasteiger partial charge in [-0.2, -0.15) is 0 Å². The molecule has 0 unspecified atom stereocenters. The Bertz CT molecular complexity index is 878. The molecule has 134 valence electrons. The summed E-state index contributed by atoms with van der Waals surface area (Å²) in [6.45, 7) is 4.00. The van der Waals surface area contributed by atoms with E-state index in [2.05, 4.69) is 5.32 Å². The number of nitrogens with one attached hydrogen (secondary N) is 1. The number of hydrogen-bond donors (Lipinski definition) is 1. The Labute approximate surface area is 153 Å². The van der Waals surface area contributed by atoms with Crippen molar-refractivity contribution in [3.63, 3.8) is 0 Å². The van der Waals surface area contributed by atoms with Gasteiger partial charge in [0.1, 0.15) is 4.90 Å². The molecular weight excluding hydrogens is 356 g/mol. The topological polar surface area (TPSA) is 66.5 Å². The molecule has 25 heavy (non-hydrogen) atoms. The smallest absolute Gasteiger partial charge is 0.244 e. The van der Waals surface area contributed by atoms with E-state index in [0.717, 1.165) is 20.3 Å². The summed E-state index contributed by atoms with van der Waals surface area (Å²) in [7, 11) is -0.696. The lowest BCUT2D eigenvalue weighted by atomic mass is 10.2. The van der Waals surface area contributed by atoms with E-state index in [1.54, 1.807) is 18.2 Å². The molecule has 0 saturated carbocycles. The highest BCUT2D eigenvalue weighted by atomic mass is 32.2. The highest BCUT2D eigenvalue weighted by molar-refractivity contribution is 8.00. The van der Waals surface area contributed by atoms with Gasteiger partial charge in [-0.05, 0) is 37.6 Å². The first-order valence-corrected chi connectivity index (χ1v) is 10.2. The number of carbonyl (C=O) groups excluding carboxylic acids is 1. The van der Waals surface area contributed by atoms with E-state index < -0.39 is 10.0 Å². The van der Waals surface area contributed by atoms with Gasteiger partial charge < -0.3 is 5.32 Å². The van der Waals surface area contributed by atoms with Crippen molar-refractivity contribution >= 4 is 33.4 Å². The zero-order chi connectivity index (χ0) is 18.6. The zero-order valence-corrected chi connectivity index (χ0v) is 16.4. The molecule has 0 heterocycles. The van der Waals surface area contributed by atoms with E-state index >= 15 is 0 Å². The maximum Gasteiger partial charge on any atom is 0.244 e. The Balaban J connectivity index is 2.13. The standard InChI is InChI=1S/C18H22N2O3S2/c1-13-9-10-14(2)16(11-13)24-12-18(21)19-15-7-5-6-8-17(15)25(22,23)20(3)4/h5-11H,12H2,1-4H3,(H,19,21). The van der Waals surface area contributed by atoms with Crippen LogP contribution in [0.2, 0.25) is 0 Å². The van der Waals surface area contributed by atoms with Gasteiger partial charge in [-0.15, -0.1) is 11.8 Å². The monoisotopic (exact) mass is 378 g/mol. The summed E-state index contributed by atoms with van der Waals surface area (Å²) in [5.74, 6) is -0.0343. The summed E-state index contributed by atoms with van der Waals surface area (Å²) in [4.78, 5) is 13.4. The number of anilines is 1. The number of para-hydroxylation sites is 1. The number of rotatable bonds is 6. The third-order valence-electron chi connectivity index (χ3n) is 3.62. The fraction of sp³-hybridized carbons (Fsp3) is 0.278. The molecule has 1 N–H and O–H groups in total. The van der Waals surface area contributed by atoms with Gasteiger partial charge in [-0.3, -0.25) is 4.79 Å². The third kappa shape index (κ3) is 4.84. The minimum absolute atomic E-state index is 0.0880. The summed E-state index contributed by atoms with van der Waals surface area (Å²) in [6.07, 6.45) is 0. The van der Waals surface area contributed by atoms with E-state index in [4.69, 9.17) is 0 Å². The summed E-state index contributed by atoms with van der Waals surface area (Å²) in [5, 5.41) is 2.71. The van der Waals surface area contributed by atoms with E-state index in [9.17, 15) is 13.2 Å². The van der Waals surface area contributed by atoms with E-state index in [-0.39, 0.29) is 16.6 Å². The first-order valence-electron chi connectivity index (χ1n) is 7.73. The zero-order valence-electron chi connectivity index (χ0n) is 14.7. The second-order valence-corrected chi connectivity index (χ2v) is 9.03. The Morgan fingerprint density at radius 1 is 1.12 bits per heavy atom. The van der Waals surface area contributed by atoms with Gasteiger partial charge in [0, 0.05) is 19.0 Å². The molecule has 0 radical (unpaired) electrons. The predicted octanol–water partition coefficient (Wildman–Crippen LogP) is 3.28. The van der Waals surface area contributed by atoms with Crippen LogP contribution >= 0.6 is 11.8 Å². The number of amides is 1. The molecule has 0 aromatic heterocycles. The summed E-state index contributed by atoms with van der Waals surface area (Å²) in [5.41, 5.74) is 2.54. The quantitative estimate of drug-likeness (QED) is 0.784. The van der Waals surface area contributed by atoms with Crippen LogP contribution in [0, 0.1) is 13.8 Å². The maximum atomic E-state index is 12.4. The molecule has 0 aliphatic heterocycles. The molecule has 0 fully saturated rings. The minimum Gasteiger partial charge on any atom is -0.324 e. The number of benzene rings is 2. The molecule has 1 amide bonds. The molecule has 0 bridgehead atoms. The lowest BCUT2D eigenvalue weighted by molar-refractivity contribution is -0.113. The van der Waals surface area contributed by atoms with Crippen LogP contribution in [0.5, 0.6) is 0 Å². The SMILES string of the molecule is Cc1ccc(C)c(SCC(=O)Nc2ccccc2S(=O)(=O)N(C)C)c1. The molecule has 0 aliphatic carbocycles. The molecular formula is C18H22N2O3S2. The van der Waals surface area contributed by atoms with Gasteiger partial charge in [0.25, 0.3) is 0 Å². The van der Waals surface area contributed by atoms with Crippen molar-refractivity contribution in [3.8, 4) is 0 Å². The van der Waals surface area contributed by atoms with Gasteiger partial charge in [-0.1, -0.05) is 29.8 Å². The fourth-order valence-corrected chi connectivity index (χ4v) is 4.15. The molecule has 0 aliphatic rings. The van der Waals surface area contributed by atoms with Crippen LogP contribution in [0.15, 0.2) is 52.3 Å². The van der Waals surface area contributed by atoms with Crippen LogP contribution in [-0.4, -0.2) is 38.5 Å². The first-order chi connectivity index (χ1) is 11.7. The summed E-state index contributed by atoms with van der Waals surface area (Å²) < 4.78 is 25.9. The number of carbonyl (C=O) groups is 1. The molecule has 2 aromatic carbocycles. The first kappa shape index (κ1) is 19.5. The fourth-order valence-electron chi connectivity index (χ4n) is 2.18. The van der Waals surface area contributed by atoms with E-state index in [1.165, 1.54) is 31.9 Å². The molecule has 0 spiro atoms. The number of sulfonamides is 1. The van der Waals surface area contributed by atoms with Crippen molar-refractivity contribution in [2.24, 2.45) is 0 Å². The second kappa shape index (κ2) is 8.03. The Kier molecular flexibility index (Phi) is 6.26. The average Bonchev–Trinajstić information content (AvgIpc) is 2.56.